The molecule has 0 radical (unpaired) electrons. The Hall–Kier alpha value is -1.58. The highest BCUT2D eigenvalue weighted by atomic mass is 16.3. The fourth-order valence-corrected chi connectivity index (χ4v) is 2.16. The molecule has 1 aromatic heterocycles. The van der Waals surface area contributed by atoms with Crippen LogP contribution in [-0.2, 0) is 6.42 Å². The minimum absolute atomic E-state index is 0.000283. The Balaban J connectivity index is 1.87. The number of rotatable bonds is 6. The lowest BCUT2D eigenvalue weighted by Gasteiger charge is -2.23. The molecule has 1 heterocycles. The normalized spacial score (nSPS) is 15.9. The molecule has 3 heteroatoms. The first-order chi connectivity index (χ1) is 9.16. The molecule has 0 amide bonds. The molecule has 0 aliphatic rings. The Kier molecular flexibility index (Phi) is 4.77. The first-order valence-corrected chi connectivity index (χ1v) is 6.68. The molecule has 0 fully saturated rings. The Morgan fingerprint density at radius 3 is 2.47 bits per heavy atom. The summed E-state index contributed by atoms with van der Waals surface area (Å²) in [5.41, 5.74) is 1.15. The van der Waals surface area contributed by atoms with Crippen LogP contribution in [0.2, 0.25) is 0 Å². The Morgan fingerprint density at radius 1 is 1.11 bits per heavy atom. The highest BCUT2D eigenvalue weighted by Crippen LogP contribution is 2.15. The van der Waals surface area contributed by atoms with Gasteiger partial charge in [0.2, 0.25) is 0 Å². The largest absolute Gasteiger partial charge is 0.468 e. The van der Waals surface area contributed by atoms with Gasteiger partial charge in [-0.25, -0.2) is 0 Å². The van der Waals surface area contributed by atoms with Gasteiger partial charge in [0.1, 0.15) is 5.76 Å². The van der Waals surface area contributed by atoms with Crippen LogP contribution in [0.1, 0.15) is 31.2 Å². The van der Waals surface area contributed by atoms with Gasteiger partial charge in [0.05, 0.1) is 18.4 Å². The summed E-state index contributed by atoms with van der Waals surface area (Å²) in [4.78, 5) is 0. The summed E-state index contributed by atoms with van der Waals surface area (Å²) in [6.07, 6.45) is 1.90. The summed E-state index contributed by atoms with van der Waals surface area (Å²) in [6.45, 7) is 4.03. The predicted molar refractivity (Wildman–Crippen MR) is 75.9 cm³/mol. The van der Waals surface area contributed by atoms with E-state index in [1.165, 1.54) is 0 Å². The molecule has 2 aromatic rings. The number of nitrogens with one attached hydrogen (secondary N) is 1. The third-order valence-electron chi connectivity index (χ3n) is 3.35. The Bertz CT molecular complexity index is 467. The van der Waals surface area contributed by atoms with Gasteiger partial charge in [0.15, 0.2) is 0 Å². The van der Waals surface area contributed by atoms with E-state index in [2.05, 4.69) is 5.32 Å². The van der Waals surface area contributed by atoms with E-state index in [-0.39, 0.29) is 12.1 Å². The van der Waals surface area contributed by atoms with Crippen molar-refractivity contribution in [3.05, 3.63) is 60.1 Å². The number of furan rings is 1. The molecule has 3 unspecified atom stereocenters. The maximum absolute atomic E-state index is 10.2. The zero-order valence-electron chi connectivity index (χ0n) is 11.4. The van der Waals surface area contributed by atoms with Crippen LogP contribution in [0.15, 0.2) is 53.1 Å². The van der Waals surface area contributed by atoms with Gasteiger partial charge < -0.3 is 14.8 Å². The molecule has 0 bridgehead atoms. The van der Waals surface area contributed by atoms with Crippen LogP contribution in [0.5, 0.6) is 0 Å². The van der Waals surface area contributed by atoms with Gasteiger partial charge in [-0.15, -0.1) is 0 Å². The molecule has 0 saturated heterocycles. The van der Waals surface area contributed by atoms with Crippen molar-refractivity contribution in [2.45, 2.75) is 38.5 Å². The molecule has 0 spiro atoms. The molecule has 3 atom stereocenters. The van der Waals surface area contributed by atoms with Crippen molar-refractivity contribution in [1.82, 2.24) is 5.32 Å². The molecule has 0 aliphatic carbocycles. The van der Waals surface area contributed by atoms with Crippen molar-refractivity contribution >= 4 is 0 Å². The second-order valence-electron chi connectivity index (χ2n) is 4.95. The fourth-order valence-electron chi connectivity index (χ4n) is 2.16. The van der Waals surface area contributed by atoms with E-state index in [9.17, 15) is 5.11 Å². The molecule has 2 N–H and O–H groups in total. The summed E-state index contributed by atoms with van der Waals surface area (Å²) < 4.78 is 5.35. The van der Waals surface area contributed by atoms with E-state index in [4.69, 9.17) is 4.42 Å². The van der Waals surface area contributed by atoms with E-state index in [0.29, 0.717) is 6.42 Å². The third-order valence-corrected chi connectivity index (χ3v) is 3.35. The van der Waals surface area contributed by atoms with Gasteiger partial charge in [0.25, 0.3) is 0 Å². The fraction of sp³-hybridized carbons (Fsp3) is 0.375. The van der Waals surface area contributed by atoms with Crippen LogP contribution in [0, 0.1) is 0 Å². The highest BCUT2D eigenvalue weighted by molar-refractivity contribution is 5.16. The maximum atomic E-state index is 10.2. The van der Waals surface area contributed by atoms with Crippen molar-refractivity contribution in [2.75, 3.05) is 0 Å². The molecule has 0 aliphatic heterocycles. The van der Waals surface area contributed by atoms with Crippen molar-refractivity contribution in [3.8, 4) is 0 Å². The molecule has 1 aromatic carbocycles. The molecule has 0 saturated carbocycles. The predicted octanol–water partition coefficient (Wildman–Crippen LogP) is 2.92. The van der Waals surface area contributed by atoms with Gasteiger partial charge >= 0.3 is 0 Å². The minimum Gasteiger partial charge on any atom is -0.468 e. The zero-order chi connectivity index (χ0) is 13.7. The van der Waals surface area contributed by atoms with Crippen molar-refractivity contribution in [2.24, 2.45) is 0 Å². The van der Waals surface area contributed by atoms with E-state index < -0.39 is 6.10 Å². The van der Waals surface area contributed by atoms with Crippen molar-refractivity contribution in [3.63, 3.8) is 0 Å². The lowest BCUT2D eigenvalue weighted by Crippen LogP contribution is -2.39. The number of hydrogen-bond donors (Lipinski definition) is 2. The van der Waals surface area contributed by atoms with Crippen molar-refractivity contribution < 1.29 is 9.52 Å². The molecular formula is C16H21NO2. The Morgan fingerprint density at radius 2 is 1.84 bits per heavy atom. The minimum atomic E-state index is -0.417. The molecule has 3 nitrogen and oxygen atoms in total. The topological polar surface area (TPSA) is 45.4 Å². The second kappa shape index (κ2) is 6.55. The average Bonchev–Trinajstić information content (AvgIpc) is 2.93. The van der Waals surface area contributed by atoms with Gasteiger partial charge in [-0.3, -0.25) is 0 Å². The van der Waals surface area contributed by atoms with Crippen LogP contribution in [0.3, 0.4) is 0 Å². The summed E-state index contributed by atoms with van der Waals surface area (Å²) in [7, 11) is 0. The second-order valence-corrected chi connectivity index (χ2v) is 4.95. The average molecular weight is 259 g/mol. The maximum Gasteiger partial charge on any atom is 0.120 e. The van der Waals surface area contributed by atoms with Gasteiger partial charge in [-0.1, -0.05) is 30.3 Å². The van der Waals surface area contributed by atoms with Gasteiger partial charge in [0, 0.05) is 6.04 Å². The molecule has 2 rings (SSSR count). The quantitative estimate of drug-likeness (QED) is 0.838. The van der Waals surface area contributed by atoms with Crippen LogP contribution in [0.4, 0.5) is 0 Å². The van der Waals surface area contributed by atoms with E-state index in [1.807, 2.05) is 56.3 Å². The van der Waals surface area contributed by atoms with E-state index in [1.54, 1.807) is 6.26 Å². The summed E-state index contributed by atoms with van der Waals surface area (Å²) in [6, 6.07) is 13.9. The summed E-state index contributed by atoms with van der Waals surface area (Å²) in [5, 5.41) is 13.6. The molecule has 102 valence electrons. The zero-order valence-corrected chi connectivity index (χ0v) is 11.4. The summed E-state index contributed by atoms with van der Waals surface area (Å²) >= 11 is 0. The van der Waals surface area contributed by atoms with E-state index >= 15 is 0 Å². The van der Waals surface area contributed by atoms with Crippen LogP contribution >= 0.6 is 0 Å². The first-order valence-electron chi connectivity index (χ1n) is 6.68. The van der Waals surface area contributed by atoms with Gasteiger partial charge in [-0.2, -0.15) is 0 Å². The molecule has 19 heavy (non-hydrogen) atoms. The monoisotopic (exact) mass is 259 g/mol. The standard InChI is InChI=1S/C16H21NO2/c1-12(17-13(2)16-9-6-10-19-16)15(18)11-14-7-4-3-5-8-14/h3-10,12-13,15,17-18H,11H2,1-2H3. The van der Waals surface area contributed by atoms with Crippen molar-refractivity contribution in [1.29, 1.82) is 0 Å². The summed E-state index contributed by atoms with van der Waals surface area (Å²) in [5.74, 6) is 0.888. The molecular weight excluding hydrogens is 238 g/mol. The third kappa shape index (κ3) is 3.94. The van der Waals surface area contributed by atoms with Crippen LogP contribution in [-0.4, -0.2) is 17.3 Å². The Labute approximate surface area is 114 Å². The number of aliphatic hydroxyl groups excluding tert-OH is 1. The number of hydrogen-bond acceptors (Lipinski definition) is 3. The van der Waals surface area contributed by atoms with Crippen LogP contribution in [0.25, 0.3) is 0 Å². The highest BCUT2D eigenvalue weighted by Gasteiger charge is 2.18. The van der Waals surface area contributed by atoms with Crippen LogP contribution < -0.4 is 5.32 Å². The number of aliphatic hydroxyl groups is 1. The lowest BCUT2D eigenvalue weighted by atomic mass is 10.0. The van der Waals surface area contributed by atoms with Gasteiger partial charge in [-0.05, 0) is 38.0 Å². The lowest BCUT2D eigenvalue weighted by molar-refractivity contribution is 0.127. The smallest absolute Gasteiger partial charge is 0.120 e. The first kappa shape index (κ1) is 13.8. The van der Waals surface area contributed by atoms with E-state index in [0.717, 1.165) is 11.3 Å². The number of benzene rings is 1. The SMILES string of the molecule is CC(NC(C)C(O)Cc1ccccc1)c1ccco1.